The van der Waals surface area contributed by atoms with Crippen molar-refractivity contribution in [3.05, 3.63) is 44.6 Å². The lowest BCUT2D eigenvalue weighted by Gasteiger charge is -2.46. The molecule has 0 radical (unpaired) electrons. The summed E-state index contributed by atoms with van der Waals surface area (Å²) in [6.07, 6.45) is 8.87. The van der Waals surface area contributed by atoms with Gasteiger partial charge in [-0.05, 0) is 43.0 Å². The van der Waals surface area contributed by atoms with E-state index in [1.54, 1.807) is 17.4 Å². The van der Waals surface area contributed by atoms with Gasteiger partial charge in [0.15, 0.2) is 5.78 Å². The second-order valence-electron chi connectivity index (χ2n) is 6.77. The van der Waals surface area contributed by atoms with E-state index in [-0.39, 0.29) is 17.4 Å². The van der Waals surface area contributed by atoms with Gasteiger partial charge in [-0.2, -0.15) is 0 Å². The van der Waals surface area contributed by atoms with Gasteiger partial charge in [0.1, 0.15) is 5.60 Å². The van der Waals surface area contributed by atoms with E-state index in [0.717, 1.165) is 30.2 Å². The maximum atomic E-state index is 11.8. The van der Waals surface area contributed by atoms with Crippen LogP contribution in [0.25, 0.3) is 0 Å². The van der Waals surface area contributed by atoms with E-state index >= 15 is 0 Å². The highest BCUT2D eigenvalue weighted by Gasteiger charge is 2.46. The predicted octanol–water partition coefficient (Wildman–Crippen LogP) is 3.77. The zero-order chi connectivity index (χ0) is 16.0. The molecule has 1 saturated heterocycles. The van der Waals surface area contributed by atoms with Crippen molar-refractivity contribution in [1.82, 2.24) is 5.32 Å². The van der Waals surface area contributed by atoms with Crippen LogP contribution in [0.3, 0.4) is 0 Å². The molecular weight excluding hydrogens is 330 g/mol. The molecule has 0 amide bonds. The molecule has 0 aromatic carbocycles. The smallest absolute Gasteiger partial charge is 0.159 e. The number of nitrogens with one attached hydrogen (secondary N) is 1. The van der Waals surface area contributed by atoms with Crippen molar-refractivity contribution in [2.24, 2.45) is 0 Å². The van der Waals surface area contributed by atoms with Gasteiger partial charge >= 0.3 is 0 Å². The van der Waals surface area contributed by atoms with E-state index in [0.29, 0.717) is 12.5 Å². The lowest BCUT2D eigenvalue weighted by molar-refractivity contribution is -0.114. The Hall–Kier alpha value is -0.940. The average molecular weight is 350 g/mol. The summed E-state index contributed by atoms with van der Waals surface area (Å²) >= 11 is 7.94. The summed E-state index contributed by atoms with van der Waals surface area (Å²) in [7, 11) is 0. The van der Waals surface area contributed by atoms with E-state index in [1.807, 2.05) is 6.08 Å². The quantitative estimate of drug-likeness (QED) is 0.838. The Morgan fingerprint density at radius 3 is 3.13 bits per heavy atom. The minimum absolute atomic E-state index is 0.180. The zero-order valence-electron chi connectivity index (χ0n) is 13.1. The minimum atomic E-state index is -0.258. The van der Waals surface area contributed by atoms with Crippen LogP contribution >= 0.6 is 22.9 Å². The molecule has 1 aliphatic carbocycles. The zero-order valence-corrected chi connectivity index (χ0v) is 14.7. The summed E-state index contributed by atoms with van der Waals surface area (Å²) in [5, 5.41) is 3.65. The van der Waals surface area contributed by atoms with Crippen LogP contribution in [-0.4, -0.2) is 24.5 Å². The Morgan fingerprint density at radius 2 is 2.30 bits per heavy atom. The first kappa shape index (κ1) is 15.6. The first-order valence-corrected chi connectivity index (χ1v) is 9.34. The summed E-state index contributed by atoms with van der Waals surface area (Å²) in [4.78, 5) is 13.1. The Kier molecular flexibility index (Phi) is 3.96. The number of piperidine rings is 1. The van der Waals surface area contributed by atoms with Crippen molar-refractivity contribution < 1.29 is 9.53 Å². The molecule has 0 bridgehead atoms. The first-order chi connectivity index (χ1) is 11.1. The molecule has 1 aromatic rings. The van der Waals surface area contributed by atoms with Crippen molar-refractivity contribution >= 4 is 28.7 Å². The molecule has 0 saturated carbocycles. The summed E-state index contributed by atoms with van der Waals surface area (Å²) < 4.78 is 7.19. The summed E-state index contributed by atoms with van der Waals surface area (Å²) in [5.41, 5.74) is 2.25. The van der Waals surface area contributed by atoms with Gasteiger partial charge in [-0.3, -0.25) is 4.79 Å². The second-order valence-corrected chi connectivity index (χ2v) is 8.45. The van der Waals surface area contributed by atoms with Gasteiger partial charge in [0.05, 0.1) is 10.9 Å². The Balaban J connectivity index is 1.69. The number of hydrogen-bond acceptors (Lipinski definition) is 4. The van der Waals surface area contributed by atoms with Gasteiger partial charge in [0.2, 0.25) is 0 Å². The van der Waals surface area contributed by atoms with Gasteiger partial charge < -0.3 is 10.1 Å². The van der Waals surface area contributed by atoms with Crippen LogP contribution in [-0.2, 0) is 21.6 Å². The minimum Gasteiger partial charge on any atom is -0.369 e. The van der Waals surface area contributed by atoms with Crippen LogP contribution in [0, 0.1) is 0 Å². The largest absolute Gasteiger partial charge is 0.369 e. The Bertz CT molecular complexity index is 708. The molecule has 5 heteroatoms. The predicted molar refractivity (Wildman–Crippen MR) is 93.1 cm³/mol. The fraction of sp³-hybridized carbons (Fsp3) is 0.500. The molecule has 4 rings (SSSR count). The lowest BCUT2D eigenvalue weighted by atomic mass is 9.77. The van der Waals surface area contributed by atoms with Gasteiger partial charge in [-0.15, -0.1) is 11.3 Å². The molecule has 1 fully saturated rings. The topological polar surface area (TPSA) is 38.3 Å². The Morgan fingerprint density at radius 1 is 1.43 bits per heavy atom. The lowest BCUT2D eigenvalue weighted by Crippen LogP contribution is -2.54. The van der Waals surface area contributed by atoms with Crippen molar-refractivity contribution in [3.8, 4) is 0 Å². The number of ketones is 1. The summed E-state index contributed by atoms with van der Waals surface area (Å²) in [6.45, 7) is 2.94. The molecule has 3 aliphatic rings. The second kappa shape index (κ2) is 5.85. The maximum Gasteiger partial charge on any atom is 0.159 e. The van der Waals surface area contributed by atoms with Crippen molar-refractivity contribution in [2.45, 2.75) is 50.3 Å². The van der Waals surface area contributed by atoms with Crippen LogP contribution in [0.1, 0.15) is 36.6 Å². The van der Waals surface area contributed by atoms with Crippen LogP contribution in [0.4, 0.5) is 0 Å². The fourth-order valence-corrected chi connectivity index (χ4v) is 5.60. The number of thiophene rings is 1. The molecule has 1 aromatic heterocycles. The summed E-state index contributed by atoms with van der Waals surface area (Å²) in [6, 6.07) is 2.61. The Labute approximate surface area is 145 Å². The number of ether oxygens (including phenoxy) is 1. The van der Waals surface area contributed by atoms with Crippen molar-refractivity contribution in [3.63, 3.8) is 0 Å². The number of fused-ring (bicyclic) bond motifs is 2. The highest BCUT2D eigenvalue weighted by molar-refractivity contribution is 7.16. The summed E-state index contributed by atoms with van der Waals surface area (Å²) in [5.74, 6) is 0.181. The highest BCUT2D eigenvalue weighted by Crippen LogP contribution is 2.48. The molecule has 2 aliphatic heterocycles. The van der Waals surface area contributed by atoms with Gasteiger partial charge in [0, 0.05) is 29.8 Å². The molecule has 3 nitrogen and oxygen atoms in total. The van der Waals surface area contributed by atoms with Crippen LogP contribution < -0.4 is 5.32 Å². The van der Waals surface area contributed by atoms with Crippen LogP contribution in [0.15, 0.2) is 29.9 Å². The van der Waals surface area contributed by atoms with Gasteiger partial charge in [-0.25, -0.2) is 0 Å². The highest BCUT2D eigenvalue weighted by atomic mass is 35.5. The van der Waals surface area contributed by atoms with Gasteiger partial charge in [-0.1, -0.05) is 23.8 Å². The van der Waals surface area contributed by atoms with E-state index in [2.05, 4.69) is 24.4 Å². The number of rotatable bonds is 1. The standard InChI is InChI=1S/C18H20ClNO2S/c1-11-9-18(17-13(5-6-22-18)8-16(19)23-17)10-15(20-11)12-3-2-4-14(21)7-12/h2-4,8,11,15,20H,5-7,9-10H2,1H3/t11-,15-,18-/m0/s1. The van der Waals surface area contributed by atoms with Crippen molar-refractivity contribution in [2.75, 3.05) is 6.61 Å². The molecule has 3 atom stereocenters. The average Bonchev–Trinajstić information content (AvgIpc) is 2.89. The molecule has 3 heterocycles. The van der Waals surface area contributed by atoms with Crippen molar-refractivity contribution in [1.29, 1.82) is 0 Å². The third-order valence-corrected chi connectivity index (χ3v) is 6.51. The third-order valence-electron chi connectivity index (χ3n) is 5.02. The normalized spacial score (nSPS) is 33.7. The van der Waals surface area contributed by atoms with Gasteiger partial charge in [0.25, 0.3) is 0 Å². The number of carbonyl (C=O) groups is 1. The SMILES string of the molecule is C[C@H]1C[C@@]2(C[C@@H](C3=CC=CC(=O)C3)N1)OCCc1cc(Cl)sc12. The fourth-order valence-electron chi connectivity index (χ4n) is 4.14. The van der Waals surface area contributed by atoms with Crippen LogP contribution in [0.5, 0.6) is 0 Å². The molecule has 23 heavy (non-hydrogen) atoms. The first-order valence-electron chi connectivity index (χ1n) is 8.14. The maximum absolute atomic E-state index is 11.8. The number of halogens is 1. The molecule has 1 spiro atoms. The molecular formula is C18H20ClNO2S. The van der Waals surface area contributed by atoms with E-state index in [1.165, 1.54) is 16.0 Å². The monoisotopic (exact) mass is 349 g/mol. The number of allylic oxidation sites excluding steroid dienone is 3. The van der Waals surface area contributed by atoms with Crippen LogP contribution in [0.2, 0.25) is 4.34 Å². The number of hydrogen-bond donors (Lipinski definition) is 1. The third kappa shape index (κ3) is 2.82. The number of carbonyl (C=O) groups excluding carboxylic acids is 1. The van der Waals surface area contributed by atoms with E-state index in [4.69, 9.17) is 16.3 Å². The van der Waals surface area contributed by atoms with E-state index < -0.39 is 0 Å². The molecule has 1 N–H and O–H groups in total. The molecule has 0 unspecified atom stereocenters. The van der Waals surface area contributed by atoms with E-state index in [9.17, 15) is 4.79 Å². The molecule has 122 valence electrons.